The Bertz CT molecular complexity index is 558. The molecule has 0 aliphatic carbocycles. The molecule has 8 heteroatoms. The van der Waals surface area contributed by atoms with Crippen LogP contribution in [-0.2, 0) is 15.5 Å². The van der Waals surface area contributed by atoms with Crippen LogP contribution in [0.25, 0.3) is 0 Å². The van der Waals surface area contributed by atoms with Gasteiger partial charge in [0.15, 0.2) is 0 Å². The molecule has 0 aromatic heterocycles. The van der Waals surface area contributed by atoms with Crippen LogP contribution >= 0.6 is 0 Å². The molecule has 3 nitrogen and oxygen atoms in total. The minimum Gasteiger partial charge on any atom is -0.402 e. The van der Waals surface area contributed by atoms with Crippen LogP contribution in [0.1, 0.15) is 44.8 Å². The molecule has 0 bridgehead atoms. The van der Waals surface area contributed by atoms with E-state index >= 15 is 0 Å². The highest BCUT2D eigenvalue weighted by Crippen LogP contribution is 2.42. The Kier molecular flexibility index (Phi) is 4.09. The molecule has 0 radical (unpaired) electrons. The minimum absolute atomic E-state index is 0.383. The normalized spacial score (nSPS) is 22.0. The van der Waals surface area contributed by atoms with Gasteiger partial charge < -0.3 is 15.0 Å². The SMILES string of the molecule is CC1(C)OB([C@H](N)c2cc(F)ccc2C(F)(F)F)OC1(C)C. The molecule has 1 fully saturated rings. The van der Waals surface area contributed by atoms with Crippen molar-refractivity contribution in [3.8, 4) is 0 Å². The van der Waals surface area contributed by atoms with Gasteiger partial charge in [-0.3, -0.25) is 0 Å². The number of hydrogen-bond acceptors (Lipinski definition) is 3. The lowest BCUT2D eigenvalue weighted by Crippen LogP contribution is -2.41. The fourth-order valence-electron chi connectivity index (χ4n) is 2.25. The molecule has 1 atom stereocenters. The van der Waals surface area contributed by atoms with Crippen LogP contribution in [0, 0.1) is 5.82 Å². The molecule has 2 rings (SSSR count). The third kappa shape index (κ3) is 3.00. The molecule has 2 N–H and O–H groups in total. The van der Waals surface area contributed by atoms with Gasteiger partial charge in [-0.1, -0.05) is 0 Å². The van der Waals surface area contributed by atoms with Crippen LogP contribution in [0.2, 0.25) is 0 Å². The zero-order valence-corrected chi connectivity index (χ0v) is 12.8. The van der Waals surface area contributed by atoms with Crippen molar-refractivity contribution in [2.45, 2.75) is 51.0 Å². The molecule has 0 amide bonds. The highest BCUT2D eigenvalue weighted by Gasteiger charge is 2.54. The molecular weight excluding hydrogens is 301 g/mol. The maximum atomic E-state index is 13.4. The van der Waals surface area contributed by atoms with Crippen LogP contribution in [0.3, 0.4) is 0 Å². The molecule has 1 aromatic rings. The molecule has 1 aliphatic rings. The van der Waals surface area contributed by atoms with E-state index in [2.05, 4.69) is 0 Å². The van der Waals surface area contributed by atoms with Gasteiger partial charge in [0.2, 0.25) is 0 Å². The standard InChI is InChI=1S/C14H18BF4NO2/c1-12(2)13(3,4)22-15(21-12)11(20)9-7-8(16)5-6-10(9)14(17,18)19/h5-7,11H,20H2,1-4H3/t11-/m1/s1. The van der Waals surface area contributed by atoms with Crippen molar-refractivity contribution in [2.24, 2.45) is 5.73 Å². The van der Waals surface area contributed by atoms with Gasteiger partial charge in [-0.05, 0) is 51.5 Å². The van der Waals surface area contributed by atoms with Crippen LogP contribution in [0.5, 0.6) is 0 Å². The zero-order valence-electron chi connectivity index (χ0n) is 12.8. The summed E-state index contributed by atoms with van der Waals surface area (Å²) in [5.74, 6) is -2.05. The van der Waals surface area contributed by atoms with Gasteiger partial charge in [0.05, 0.1) is 22.7 Å². The van der Waals surface area contributed by atoms with Gasteiger partial charge in [0, 0.05) is 0 Å². The number of alkyl halides is 3. The Labute approximate surface area is 126 Å². The summed E-state index contributed by atoms with van der Waals surface area (Å²) in [7, 11) is -1.09. The van der Waals surface area contributed by atoms with Gasteiger partial charge in [-0.25, -0.2) is 4.39 Å². The Hall–Kier alpha value is -1.12. The van der Waals surface area contributed by atoms with Crippen LogP contribution < -0.4 is 5.73 Å². The lowest BCUT2D eigenvalue weighted by Gasteiger charge is -2.32. The van der Waals surface area contributed by atoms with Gasteiger partial charge in [0.25, 0.3) is 0 Å². The average Bonchev–Trinajstić information content (AvgIpc) is 2.56. The van der Waals surface area contributed by atoms with Gasteiger partial charge >= 0.3 is 13.3 Å². The molecule has 1 saturated heterocycles. The summed E-state index contributed by atoms with van der Waals surface area (Å²) in [6.07, 6.45) is -4.63. The van der Waals surface area contributed by atoms with Crippen molar-refractivity contribution >= 4 is 7.12 Å². The van der Waals surface area contributed by atoms with Crippen molar-refractivity contribution in [3.05, 3.63) is 35.1 Å². The Morgan fingerprint density at radius 1 is 1.09 bits per heavy atom. The zero-order chi connectivity index (χ0) is 16.9. The highest BCUT2D eigenvalue weighted by atomic mass is 19.4. The van der Waals surface area contributed by atoms with Crippen molar-refractivity contribution < 1.29 is 26.9 Å². The van der Waals surface area contributed by atoms with Crippen molar-refractivity contribution in [3.63, 3.8) is 0 Å². The lowest BCUT2D eigenvalue weighted by molar-refractivity contribution is -0.138. The van der Waals surface area contributed by atoms with Gasteiger partial charge in [0.1, 0.15) is 5.82 Å². The fraction of sp³-hybridized carbons (Fsp3) is 0.571. The Morgan fingerprint density at radius 3 is 2.05 bits per heavy atom. The first-order valence-corrected chi connectivity index (χ1v) is 6.83. The highest BCUT2D eigenvalue weighted by molar-refractivity contribution is 6.47. The van der Waals surface area contributed by atoms with Gasteiger partial charge in [-0.2, -0.15) is 13.2 Å². The lowest BCUT2D eigenvalue weighted by atomic mass is 9.73. The first-order valence-electron chi connectivity index (χ1n) is 6.83. The molecule has 1 aliphatic heterocycles. The summed E-state index contributed by atoms with van der Waals surface area (Å²) in [6, 6.07) is 2.21. The van der Waals surface area contributed by atoms with E-state index in [-0.39, 0.29) is 5.56 Å². The fourth-order valence-corrected chi connectivity index (χ4v) is 2.25. The second-order valence-corrected chi connectivity index (χ2v) is 6.38. The van der Waals surface area contributed by atoms with E-state index in [0.29, 0.717) is 6.07 Å². The summed E-state index contributed by atoms with van der Waals surface area (Å²) in [6.45, 7) is 7.04. The molecule has 122 valence electrons. The molecule has 0 unspecified atom stereocenters. The summed E-state index contributed by atoms with van der Waals surface area (Å²) in [5.41, 5.74) is 3.05. The number of rotatable bonds is 2. The topological polar surface area (TPSA) is 44.5 Å². The largest absolute Gasteiger partial charge is 0.480 e. The molecule has 0 saturated carbocycles. The number of hydrogen-bond donors (Lipinski definition) is 1. The smallest absolute Gasteiger partial charge is 0.402 e. The van der Waals surface area contributed by atoms with E-state index in [4.69, 9.17) is 15.0 Å². The minimum atomic E-state index is -4.63. The maximum absolute atomic E-state index is 13.4. The van der Waals surface area contributed by atoms with E-state index in [1.807, 2.05) is 0 Å². The predicted octanol–water partition coefficient (Wildman–Crippen LogP) is 3.48. The Morgan fingerprint density at radius 2 is 1.59 bits per heavy atom. The molecule has 1 aromatic carbocycles. The van der Waals surface area contributed by atoms with E-state index in [9.17, 15) is 17.6 Å². The van der Waals surface area contributed by atoms with Crippen molar-refractivity contribution in [1.29, 1.82) is 0 Å². The summed E-state index contributed by atoms with van der Waals surface area (Å²) in [5, 5.41) is 0. The van der Waals surface area contributed by atoms with Gasteiger partial charge in [-0.15, -0.1) is 0 Å². The van der Waals surface area contributed by atoms with Crippen molar-refractivity contribution in [2.75, 3.05) is 0 Å². The average molecular weight is 319 g/mol. The Balaban J connectivity index is 2.39. The second-order valence-electron chi connectivity index (χ2n) is 6.38. The molecule has 22 heavy (non-hydrogen) atoms. The molecule has 1 heterocycles. The van der Waals surface area contributed by atoms with Crippen molar-refractivity contribution in [1.82, 2.24) is 0 Å². The predicted molar refractivity (Wildman–Crippen MR) is 74.4 cm³/mol. The monoisotopic (exact) mass is 319 g/mol. The van der Waals surface area contributed by atoms with E-state index in [0.717, 1.165) is 12.1 Å². The number of benzene rings is 1. The van der Waals surface area contributed by atoms with Crippen LogP contribution in [-0.4, -0.2) is 18.3 Å². The van der Waals surface area contributed by atoms with Crippen LogP contribution in [0.4, 0.5) is 17.6 Å². The third-order valence-corrected chi connectivity index (χ3v) is 4.24. The van der Waals surface area contributed by atoms with E-state index in [1.54, 1.807) is 27.7 Å². The first-order chi connectivity index (χ1) is 9.85. The second kappa shape index (κ2) is 5.21. The van der Waals surface area contributed by atoms with E-state index < -0.39 is 41.8 Å². The maximum Gasteiger partial charge on any atom is 0.480 e. The first kappa shape index (κ1) is 17.2. The number of halogens is 4. The summed E-state index contributed by atoms with van der Waals surface area (Å²) in [4.78, 5) is 0. The van der Waals surface area contributed by atoms with Crippen LogP contribution in [0.15, 0.2) is 18.2 Å². The summed E-state index contributed by atoms with van der Waals surface area (Å²) >= 11 is 0. The molecule has 0 spiro atoms. The quantitative estimate of drug-likeness (QED) is 0.670. The summed E-state index contributed by atoms with van der Waals surface area (Å²) < 4.78 is 63.9. The number of nitrogens with two attached hydrogens (primary N) is 1. The van der Waals surface area contributed by atoms with E-state index in [1.165, 1.54) is 0 Å². The third-order valence-electron chi connectivity index (χ3n) is 4.24. The molecular formula is C14H18BF4NO2.